The standard InChI is InChI=1S/C13H17NS/c1-5-9-11-10(7-6-8-14-11)15-12(9)13(2,3)4/h6-8H,5H2,1-4H3. The van der Waals surface area contributed by atoms with Crippen molar-refractivity contribution in [2.24, 2.45) is 0 Å². The first-order valence-electron chi connectivity index (χ1n) is 5.41. The van der Waals surface area contributed by atoms with Crippen molar-refractivity contribution in [1.82, 2.24) is 4.98 Å². The lowest BCUT2D eigenvalue weighted by Crippen LogP contribution is -2.11. The van der Waals surface area contributed by atoms with Crippen LogP contribution in [0.2, 0.25) is 0 Å². The van der Waals surface area contributed by atoms with Crippen LogP contribution in [0.1, 0.15) is 38.1 Å². The highest BCUT2D eigenvalue weighted by molar-refractivity contribution is 7.19. The smallest absolute Gasteiger partial charge is 0.0844 e. The van der Waals surface area contributed by atoms with E-state index in [-0.39, 0.29) is 5.41 Å². The van der Waals surface area contributed by atoms with E-state index >= 15 is 0 Å². The molecule has 0 radical (unpaired) electrons. The van der Waals surface area contributed by atoms with Gasteiger partial charge >= 0.3 is 0 Å². The average Bonchev–Trinajstić information content (AvgIpc) is 2.55. The second kappa shape index (κ2) is 3.60. The Morgan fingerprint density at radius 3 is 2.67 bits per heavy atom. The summed E-state index contributed by atoms with van der Waals surface area (Å²) in [6.45, 7) is 9.04. The summed E-state index contributed by atoms with van der Waals surface area (Å²) in [5.41, 5.74) is 2.87. The maximum Gasteiger partial charge on any atom is 0.0844 e. The Morgan fingerprint density at radius 2 is 2.07 bits per heavy atom. The number of rotatable bonds is 1. The van der Waals surface area contributed by atoms with Gasteiger partial charge in [-0.2, -0.15) is 0 Å². The second-order valence-corrected chi connectivity index (χ2v) is 5.92. The lowest BCUT2D eigenvalue weighted by Gasteiger charge is -2.18. The van der Waals surface area contributed by atoms with Gasteiger partial charge in [0.15, 0.2) is 0 Å². The van der Waals surface area contributed by atoms with E-state index in [1.807, 2.05) is 23.6 Å². The molecule has 0 bridgehead atoms. The molecule has 0 saturated heterocycles. The van der Waals surface area contributed by atoms with E-state index < -0.39 is 0 Å². The number of aromatic nitrogens is 1. The van der Waals surface area contributed by atoms with Gasteiger partial charge in [-0.05, 0) is 29.5 Å². The topological polar surface area (TPSA) is 12.9 Å². The molecule has 0 aliphatic heterocycles. The van der Waals surface area contributed by atoms with Gasteiger partial charge < -0.3 is 0 Å². The zero-order chi connectivity index (χ0) is 11.1. The van der Waals surface area contributed by atoms with E-state index in [1.165, 1.54) is 20.7 Å². The second-order valence-electron chi connectivity index (χ2n) is 4.86. The Labute approximate surface area is 95.2 Å². The number of pyridine rings is 1. The molecule has 0 atom stereocenters. The van der Waals surface area contributed by atoms with Gasteiger partial charge in [0.1, 0.15) is 0 Å². The molecule has 2 heteroatoms. The van der Waals surface area contributed by atoms with Crippen LogP contribution in [0.15, 0.2) is 18.3 Å². The predicted molar refractivity (Wildman–Crippen MR) is 67.7 cm³/mol. The fourth-order valence-corrected chi connectivity index (χ4v) is 3.22. The highest BCUT2D eigenvalue weighted by atomic mass is 32.1. The van der Waals surface area contributed by atoms with Gasteiger partial charge in [-0.1, -0.05) is 27.7 Å². The molecule has 2 aromatic heterocycles. The first-order valence-corrected chi connectivity index (χ1v) is 6.22. The third-order valence-electron chi connectivity index (χ3n) is 2.58. The van der Waals surface area contributed by atoms with Crippen molar-refractivity contribution < 1.29 is 0 Å². The zero-order valence-corrected chi connectivity index (χ0v) is 10.6. The number of hydrogen-bond donors (Lipinski definition) is 0. The van der Waals surface area contributed by atoms with Gasteiger partial charge in [-0.15, -0.1) is 11.3 Å². The quantitative estimate of drug-likeness (QED) is 0.702. The summed E-state index contributed by atoms with van der Waals surface area (Å²) < 4.78 is 1.32. The molecule has 1 nitrogen and oxygen atoms in total. The van der Waals surface area contributed by atoms with E-state index in [0.29, 0.717) is 0 Å². The number of thiophene rings is 1. The Kier molecular flexibility index (Phi) is 2.55. The molecule has 0 saturated carbocycles. The number of hydrogen-bond acceptors (Lipinski definition) is 2. The van der Waals surface area contributed by atoms with Crippen molar-refractivity contribution in [1.29, 1.82) is 0 Å². The van der Waals surface area contributed by atoms with E-state index in [9.17, 15) is 0 Å². The molecular weight excluding hydrogens is 202 g/mol. The van der Waals surface area contributed by atoms with Crippen LogP contribution in [-0.2, 0) is 11.8 Å². The van der Waals surface area contributed by atoms with Gasteiger partial charge in [-0.3, -0.25) is 4.98 Å². The molecule has 0 N–H and O–H groups in total. The molecule has 80 valence electrons. The average molecular weight is 219 g/mol. The van der Waals surface area contributed by atoms with E-state index in [0.717, 1.165) is 6.42 Å². The Balaban J connectivity index is 2.75. The Morgan fingerprint density at radius 1 is 1.33 bits per heavy atom. The zero-order valence-electron chi connectivity index (χ0n) is 9.79. The van der Waals surface area contributed by atoms with Crippen LogP contribution in [0.3, 0.4) is 0 Å². The maximum absolute atomic E-state index is 4.50. The molecular formula is C13H17NS. The molecule has 2 heterocycles. The van der Waals surface area contributed by atoms with Crippen molar-refractivity contribution in [2.75, 3.05) is 0 Å². The third-order valence-corrected chi connectivity index (χ3v) is 4.19. The van der Waals surface area contributed by atoms with Crippen LogP contribution in [0, 0.1) is 0 Å². The first kappa shape index (κ1) is 10.6. The van der Waals surface area contributed by atoms with Crippen LogP contribution in [-0.4, -0.2) is 4.98 Å². The molecule has 0 unspecified atom stereocenters. The minimum absolute atomic E-state index is 0.233. The van der Waals surface area contributed by atoms with E-state index in [4.69, 9.17) is 0 Å². The van der Waals surface area contributed by atoms with Gasteiger partial charge in [0, 0.05) is 11.1 Å². The van der Waals surface area contributed by atoms with Gasteiger partial charge in [0.2, 0.25) is 0 Å². The molecule has 0 amide bonds. The van der Waals surface area contributed by atoms with Crippen LogP contribution in [0.25, 0.3) is 10.2 Å². The molecule has 2 aromatic rings. The Hall–Kier alpha value is -0.890. The normalized spacial score (nSPS) is 12.3. The van der Waals surface area contributed by atoms with Crippen molar-refractivity contribution in [3.05, 3.63) is 28.8 Å². The molecule has 0 spiro atoms. The summed E-state index contributed by atoms with van der Waals surface area (Å²) >= 11 is 1.89. The summed E-state index contributed by atoms with van der Waals surface area (Å²) in [5.74, 6) is 0. The summed E-state index contributed by atoms with van der Waals surface area (Å²) in [7, 11) is 0. The first-order chi connectivity index (χ1) is 7.04. The van der Waals surface area contributed by atoms with Crippen molar-refractivity contribution in [2.45, 2.75) is 39.5 Å². The molecule has 0 aliphatic carbocycles. The lowest BCUT2D eigenvalue weighted by atomic mass is 9.90. The molecule has 0 fully saturated rings. The van der Waals surface area contributed by atoms with Crippen molar-refractivity contribution in [3.63, 3.8) is 0 Å². The molecule has 2 rings (SSSR count). The molecule has 15 heavy (non-hydrogen) atoms. The fraction of sp³-hybridized carbons (Fsp3) is 0.462. The lowest BCUT2D eigenvalue weighted by molar-refractivity contribution is 0.598. The monoisotopic (exact) mass is 219 g/mol. The molecule has 0 aromatic carbocycles. The summed E-state index contributed by atoms with van der Waals surface area (Å²) in [6, 6.07) is 4.19. The largest absolute Gasteiger partial charge is 0.255 e. The van der Waals surface area contributed by atoms with Gasteiger partial charge in [0.25, 0.3) is 0 Å². The number of nitrogens with zero attached hydrogens (tertiary/aromatic N) is 1. The SMILES string of the molecule is CCc1c(C(C)(C)C)sc2cccnc12. The summed E-state index contributed by atoms with van der Waals surface area (Å²) in [6.07, 6.45) is 2.96. The minimum atomic E-state index is 0.233. The highest BCUT2D eigenvalue weighted by Gasteiger charge is 2.22. The summed E-state index contributed by atoms with van der Waals surface area (Å²) in [4.78, 5) is 5.98. The van der Waals surface area contributed by atoms with Crippen molar-refractivity contribution >= 4 is 21.6 Å². The fourth-order valence-electron chi connectivity index (χ4n) is 1.91. The Bertz CT molecular complexity index is 477. The maximum atomic E-state index is 4.50. The van der Waals surface area contributed by atoms with Gasteiger partial charge in [0.05, 0.1) is 10.2 Å². The van der Waals surface area contributed by atoms with Crippen LogP contribution < -0.4 is 0 Å². The van der Waals surface area contributed by atoms with Gasteiger partial charge in [-0.25, -0.2) is 0 Å². The highest BCUT2D eigenvalue weighted by Crippen LogP contribution is 2.37. The van der Waals surface area contributed by atoms with Crippen LogP contribution in [0.4, 0.5) is 0 Å². The third kappa shape index (κ3) is 1.78. The van der Waals surface area contributed by atoms with E-state index in [1.54, 1.807) is 0 Å². The minimum Gasteiger partial charge on any atom is -0.255 e. The van der Waals surface area contributed by atoms with Crippen LogP contribution in [0.5, 0.6) is 0 Å². The number of fused-ring (bicyclic) bond motifs is 1. The van der Waals surface area contributed by atoms with Crippen molar-refractivity contribution in [3.8, 4) is 0 Å². The molecule has 0 aliphatic rings. The van der Waals surface area contributed by atoms with Crippen LogP contribution >= 0.6 is 11.3 Å². The van der Waals surface area contributed by atoms with E-state index in [2.05, 4.69) is 38.7 Å². The summed E-state index contributed by atoms with van der Waals surface area (Å²) in [5, 5.41) is 0. The number of aryl methyl sites for hydroxylation is 1. The predicted octanol–water partition coefficient (Wildman–Crippen LogP) is 4.16.